The Morgan fingerprint density at radius 2 is 1.70 bits per heavy atom. The van der Waals surface area contributed by atoms with Gasteiger partial charge in [-0.15, -0.1) is 0 Å². The second-order valence-electron chi connectivity index (χ2n) is 4.75. The average molecular weight is 321 g/mol. The molecule has 0 amide bonds. The topological polar surface area (TPSA) is 131 Å². The number of hydrogen-bond donors (Lipinski definition) is 2. The summed E-state index contributed by atoms with van der Waals surface area (Å²) in [6, 6.07) is 4.02. The molecule has 0 unspecified atom stereocenters. The maximum atomic E-state index is 9.10. The lowest BCUT2D eigenvalue weighted by molar-refractivity contribution is -0.159. The summed E-state index contributed by atoms with van der Waals surface area (Å²) in [5, 5.41) is 23.3. The summed E-state index contributed by atoms with van der Waals surface area (Å²) in [7, 11) is 0. The zero-order valence-electron chi connectivity index (χ0n) is 12.6. The quantitative estimate of drug-likeness (QED) is 0.583. The Bertz CT molecular complexity index is 526. The first-order valence-corrected chi connectivity index (χ1v) is 7.12. The van der Waals surface area contributed by atoms with Crippen LogP contribution in [-0.2, 0) is 9.59 Å². The van der Waals surface area contributed by atoms with Crippen LogP contribution in [0.4, 0.5) is 5.95 Å². The van der Waals surface area contributed by atoms with Gasteiger partial charge in [0, 0.05) is 45.0 Å². The van der Waals surface area contributed by atoms with Crippen LogP contribution in [0.3, 0.4) is 0 Å². The molecule has 124 valence electrons. The highest BCUT2D eigenvalue weighted by Gasteiger charge is 2.17. The van der Waals surface area contributed by atoms with Crippen LogP contribution >= 0.6 is 0 Å². The van der Waals surface area contributed by atoms with Gasteiger partial charge in [-0.2, -0.15) is 5.26 Å². The molecule has 0 saturated carbocycles. The van der Waals surface area contributed by atoms with E-state index in [4.69, 9.17) is 25.1 Å². The standard InChI is InChI=1S/C12H17N5.C2H2O4/c13-4-1-2-7-16-8-10-17(11-9-16)12-14-5-3-6-15-12;3-1(4)2(5)6/h3,5-6H,1-2,7-11H2;(H,3,4)(H,5,6). The molecule has 0 aliphatic carbocycles. The molecule has 9 heteroatoms. The van der Waals surface area contributed by atoms with Crippen LogP contribution in [0.25, 0.3) is 0 Å². The second-order valence-corrected chi connectivity index (χ2v) is 4.75. The van der Waals surface area contributed by atoms with E-state index in [0.29, 0.717) is 6.42 Å². The summed E-state index contributed by atoms with van der Waals surface area (Å²) in [5.74, 6) is -2.82. The van der Waals surface area contributed by atoms with Gasteiger partial charge in [0.2, 0.25) is 5.95 Å². The largest absolute Gasteiger partial charge is 0.473 e. The van der Waals surface area contributed by atoms with Crippen molar-refractivity contribution >= 4 is 17.9 Å². The van der Waals surface area contributed by atoms with Gasteiger partial charge in [0.25, 0.3) is 0 Å². The monoisotopic (exact) mass is 321 g/mol. The highest BCUT2D eigenvalue weighted by molar-refractivity contribution is 6.27. The third kappa shape index (κ3) is 7.19. The first-order valence-electron chi connectivity index (χ1n) is 7.12. The Morgan fingerprint density at radius 1 is 1.13 bits per heavy atom. The van der Waals surface area contributed by atoms with Gasteiger partial charge in [0.15, 0.2) is 0 Å². The molecule has 1 aromatic rings. The molecule has 2 rings (SSSR count). The number of nitrogens with zero attached hydrogens (tertiary/aromatic N) is 5. The number of carboxylic acid groups (broad SMARTS) is 2. The molecule has 1 aromatic heterocycles. The van der Waals surface area contributed by atoms with Crippen LogP contribution < -0.4 is 4.90 Å². The lowest BCUT2D eigenvalue weighted by Crippen LogP contribution is -2.47. The van der Waals surface area contributed by atoms with Crippen LogP contribution in [0, 0.1) is 11.3 Å². The maximum absolute atomic E-state index is 9.10. The molecule has 0 atom stereocenters. The molecule has 0 radical (unpaired) electrons. The lowest BCUT2D eigenvalue weighted by atomic mass is 10.2. The van der Waals surface area contributed by atoms with Gasteiger partial charge < -0.3 is 15.1 Å². The van der Waals surface area contributed by atoms with Gasteiger partial charge in [0.1, 0.15) is 0 Å². The summed E-state index contributed by atoms with van der Waals surface area (Å²) in [6.07, 6.45) is 5.18. The van der Waals surface area contributed by atoms with Crippen LogP contribution in [0.15, 0.2) is 18.5 Å². The van der Waals surface area contributed by atoms with Crippen molar-refractivity contribution in [2.45, 2.75) is 12.8 Å². The lowest BCUT2D eigenvalue weighted by Gasteiger charge is -2.34. The Hall–Kier alpha value is -2.73. The average Bonchev–Trinajstić information content (AvgIpc) is 2.57. The van der Waals surface area contributed by atoms with Gasteiger partial charge in [-0.1, -0.05) is 0 Å². The molecule has 1 saturated heterocycles. The minimum Gasteiger partial charge on any atom is -0.473 e. The normalized spacial score (nSPS) is 14.3. The van der Waals surface area contributed by atoms with E-state index < -0.39 is 11.9 Å². The number of aromatic nitrogens is 2. The van der Waals surface area contributed by atoms with Gasteiger partial charge in [-0.25, -0.2) is 19.6 Å². The number of aliphatic carboxylic acids is 2. The van der Waals surface area contributed by atoms with E-state index >= 15 is 0 Å². The summed E-state index contributed by atoms with van der Waals surface area (Å²) in [4.78, 5) is 31.3. The number of hydrogen-bond acceptors (Lipinski definition) is 7. The molecule has 0 spiro atoms. The molecular weight excluding hydrogens is 302 g/mol. The van der Waals surface area contributed by atoms with E-state index in [2.05, 4.69) is 25.8 Å². The van der Waals surface area contributed by atoms with E-state index in [9.17, 15) is 0 Å². The first kappa shape index (κ1) is 18.3. The van der Waals surface area contributed by atoms with E-state index in [-0.39, 0.29) is 0 Å². The Morgan fingerprint density at radius 3 is 2.17 bits per heavy atom. The highest BCUT2D eigenvalue weighted by atomic mass is 16.4. The third-order valence-corrected chi connectivity index (χ3v) is 3.15. The molecule has 1 fully saturated rings. The number of unbranched alkanes of at least 4 members (excludes halogenated alkanes) is 1. The molecule has 1 aliphatic heterocycles. The van der Waals surface area contributed by atoms with Gasteiger partial charge in [-0.05, 0) is 19.0 Å². The van der Waals surface area contributed by atoms with Crippen LogP contribution in [0.2, 0.25) is 0 Å². The Balaban J connectivity index is 0.000000379. The third-order valence-electron chi connectivity index (χ3n) is 3.15. The van der Waals surface area contributed by atoms with Crippen molar-refractivity contribution in [2.24, 2.45) is 0 Å². The molecule has 1 aliphatic rings. The van der Waals surface area contributed by atoms with Crippen molar-refractivity contribution in [3.05, 3.63) is 18.5 Å². The summed E-state index contributed by atoms with van der Waals surface area (Å²) >= 11 is 0. The zero-order valence-corrected chi connectivity index (χ0v) is 12.6. The van der Waals surface area contributed by atoms with E-state index in [1.165, 1.54) is 0 Å². The number of rotatable bonds is 4. The van der Waals surface area contributed by atoms with E-state index in [1.807, 2.05) is 6.07 Å². The summed E-state index contributed by atoms with van der Waals surface area (Å²) in [5.41, 5.74) is 0. The highest BCUT2D eigenvalue weighted by Crippen LogP contribution is 2.09. The molecule has 9 nitrogen and oxygen atoms in total. The van der Waals surface area contributed by atoms with Crippen molar-refractivity contribution in [1.82, 2.24) is 14.9 Å². The SMILES string of the molecule is N#CCCCN1CCN(c2ncccn2)CC1.O=C(O)C(=O)O. The van der Waals surface area contributed by atoms with Gasteiger partial charge in [-0.3, -0.25) is 4.90 Å². The number of carboxylic acids is 2. The summed E-state index contributed by atoms with van der Waals surface area (Å²) in [6.45, 7) is 5.03. The predicted molar refractivity (Wildman–Crippen MR) is 80.8 cm³/mol. The summed E-state index contributed by atoms with van der Waals surface area (Å²) < 4.78 is 0. The Kier molecular flexibility index (Phi) is 8.02. The molecule has 0 aromatic carbocycles. The number of carbonyl (C=O) groups is 2. The fourth-order valence-electron chi connectivity index (χ4n) is 2.01. The predicted octanol–water partition coefficient (Wildman–Crippen LogP) is 0.0580. The number of piperazine rings is 1. The van der Waals surface area contributed by atoms with E-state index in [0.717, 1.165) is 45.1 Å². The minimum absolute atomic E-state index is 0.655. The van der Waals surface area contributed by atoms with Gasteiger partial charge >= 0.3 is 11.9 Å². The molecule has 2 N–H and O–H groups in total. The second kappa shape index (κ2) is 10.1. The smallest absolute Gasteiger partial charge is 0.414 e. The Labute approximate surface area is 133 Å². The van der Waals surface area contributed by atoms with Gasteiger partial charge in [0.05, 0.1) is 6.07 Å². The number of anilines is 1. The van der Waals surface area contributed by atoms with Crippen LogP contribution in [-0.4, -0.2) is 69.7 Å². The van der Waals surface area contributed by atoms with Crippen molar-refractivity contribution in [3.8, 4) is 6.07 Å². The van der Waals surface area contributed by atoms with Crippen molar-refractivity contribution in [3.63, 3.8) is 0 Å². The molecule has 23 heavy (non-hydrogen) atoms. The zero-order chi connectivity index (χ0) is 17.1. The van der Waals surface area contributed by atoms with Crippen LogP contribution in [0.1, 0.15) is 12.8 Å². The van der Waals surface area contributed by atoms with Crippen molar-refractivity contribution in [2.75, 3.05) is 37.6 Å². The number of nitriles is 1. The minimum atomic E-state index is -1.82. The van der Waals surface area contributed by atoms with Crippen molar-refractivity contribution < 1.29 is 19.8 Å². The van der Waals surface area contributed by atoms with E-state index in [1.54, 1.807) is 12.4 Å². The molecule has 2 heterocycles. The first-order chi connectivity index (χ1) is 11.0. The molecule has 0 bridgehead atoms. The van der Waals surface area contributed by atoms with Crippen LogP contribution in [0.5, 0.6) is 0 Å². The fraction of sp³-hybridized carbons (Fsp3) is 0.500. The van der Waals surface area contributed by atoms with Crippen molar-refractivity contribution in [1.29, 1.82) is 5.26 Å². The molecular formula is C14H19N5O4. The fourth-order valence-corrected chi connectivity index (χ4v) is 2.01. The maximum Gasteiger partial charge on any atom is 0.414 e.